The van der Waals surface area contributed by atoms with Gasteiger partial charge in [-0.1, -0.05) is 42.5 Å². The lowest BCUT2D eigenvalue weighted by atomic mass is 9.95. The number of esters is 1. The zero-order valence-corrected chi connectivity index (χ0v) is 25.0. The van der Waals surface area contributed by atoms with Crippen LogP contribution >= 0.6 is 0 Å². The number of amides is 2. The first-order valence-electron chi connectivity index (χ1n) is 14.3. The van der Waals surface area contributed by atoms with Crippen LogP contribution < -0.4 is 25.5 Å². The number of halogens is 1. The first kappa shape index (κ1) is 31.1. The molecule has 5 rings (SSSR count). The summed E-state index contributed by atoms with van der Waals surface area (Å²) in [6, 6.07) is 18.2. The van der Waals surface area contributed by atoms with Crippen LogP contribution in [0.2, 0.25) is 0 Å². The molecule has 0 saturated carbocycles. The summed E-state index contributed by atoms with van der Waals surface area (Å²) in [6.07, 6.45) is 2.31. The number of aliphatic hydroxyl groups is 1. The van der Waals surface area contributed by atoms with E-state index in [0.717, 1.165) is 16.5 Å². The average molecular weight is 616 g/mol. The lowest BCUT2D eigenvalue weighted by molar-refractivity contribution is -0.136. The largest absolute Gasteiger partial charge is 0.490 e. The van der Waals surface area contributed by atoms with Gasteiger partial charge in [0.1, 0.15) is 12.4 Å². The summed E-state index contributed by atoms with van der Waals surface area (Å²) in [5, 5.41) is 21.0. The molecule has 2 amide bonds. The van der Waals surface area contributed by atoms with E-state index >= 15 is 0 Å². The van der Waals surface area contributed by atoms with Crippen LogP contribution in [0.4, 0.5) is 9.18 Å². The predicted molar refractivity (Wildman–Crippen MR) is 166 cm³/mol. The molecule has 11 nitrogen and oxygen atoms in total. The molecule has 1 aliphatic rings. The van der Waals surface area contributed by atoms with Gasteiger partial charge in [0, 0.05) is 33.9 Å². The molecule has 0 aliphatic carbocycles. The molecule has 0 saturated heterocycles. The van der Waals surface area contributed by atoms with Crippen LogP contribution in [0.15, 0.2) is 89.3 Å². The van der Waals surface area contributed by atoms with Crippen molar-refractivity contribution in [1.82, 2.24) is 20.6 Å². The highest BCUT2D eigenvalue weighted by Crippen LogP contribution is 2.35. The number of nitrogens with one attached hydrogen (secondary N) is 3. The molecule has 4 N–H and O–H groups in total. The Morgan fingerprint density at radius 2 is 1.91 bits per heavy atom. The van der Waals surface area contributed by atoms with Gasteiger partial charge in [-0.3, -0.25) is 5.43 Å². The molecule has 3 aromatic carbocycles. The number of hydrogen-bond acceptors (Lipinski definition) is 8. The number of allylic oxidation sites excluding steroid dienone is 1. The number of methoxy groups -OCH3 is 1. The number of hydrazone groups is 1. The number of hydrogen-bond donors (Lipinski definition) is 4. The molecule has 4 aromatic rings. The fourth-order valence-corrected chi connectivity index (χ4v) is 5.13. The monoisotopic (exact) mass is 615 g/mol. The SMILES string of the molecule is CCOc1cc([C@@H]2NC(=O)NC(C)=C2C(=O)OC)ccc1OC[C@H](O)N/N=C/c1cn(Cc2ccccc2F)c2ccccc12. The highest BCUT2D eigenvalue weighted by atomic mass is 19.1. The molecule has 2 heterocycles. The summed E-state index contributed by atoms with van der Waals surface area (Å²) >= 11 is 0. The van der Waals surface area contributed by atoms with E-state index in [2.05, 4.69) is 21.2 Å². The summed E-state index contributed by atoms with van der Waals surface area (Å²) < 4.78 is 32.8. The second kappa shape index (κ2) is 14.0. The van der Waals surface area contributed by atoms with Crippen LogP contribution in [0.25, 0.3) is 10.9 Å². The standard InChI is InChI=1S/C33H34FN5O6/c1-4-44-28-15-21(31-30(32(41)43-3)20(2)36-33(42)37-31)13-14-27(28)45-19-29(40)38-35-16-23-18-39(26-12-8-6-10-24(23)26)17-22-9-5-7-11-25(22)34/h5-16,18,29,31,38,40H,4,17,19H2,1-3H3,(H2,36,37,42)/b35-16+/t29-,31-/m0/s1. The molecular weight excluding hydrogens is 581 g/mol. The minimum atomic E-state index is -1.16. The third kappa shape index (κ3) is 7.07. The number of carbonyl (C=O) groups is 2. The summed E-state index contributed by atoms with van der Waals surface area (Å²) in [4.78, 5) is 24.6. The Morgan fingerprint density at radius 3 is 2.69 bits per heavy atom. The zero-order valence-electron chi connectivity index (χ0n) is 25.0. The van der Waals surface area contributed by atoms with Crippen LogP contribution in [-0.2, 0) is 16.1 Å². The van der Waals surface area contributed by atoms with Crippen molar-refractivity contribution < 1.29 is 33.3 Å². The third-order valence-electron chi connectivity index (χ3n) is 7.22. The van der Waals surface area contributed by atoms with Crippen molar-refractivity contribution in [2.75, 3.05) is 20.3 Å². The van der Waals surface area contributed by atoms with E-state index in [9.17, 15) is 19.1 Å². The van der Waals surface area contributed by atoms with Crippen molar-refractivity contribution >= 4 is 29.1 Å². The Balaban J connectivity index is 1.26. The second-order valence-electron chi connectivity index (χ2n) is 10.2. The van der Waals surface area contributed by atoms with Crippen LogP contribution in [0.1, 0.15) is 36.6 Å². The highest BCUT2D eigenvalue weighted by molar-refractivity contribution is 5.99. The topological polar surface area (TPSA) is 135 Å². The zero-order chi connectivity index (χ0) is 31.9. The average Bonchev–Trinajstić information content (AvgIpc) is 3.38. The first-order valence-corrected chi connectivity index (χ1v) is 14.3. The molecule has 12 heteroatoms. The van der Waals surface area contributed by atoms with Crippen molar-refractivity contribution in [3.63, 3.8) is 0 Å². The number of fused-ring (bicyclic) bond motifs is 1. The van der Waals surface area contributed by atoms with E-state index in [4.69, 9.17) is 14.2 Å². The molecular formula is C33H34FN5O6. The first-order chi connectivity index (χ1) is 21.8. The molecule has 1 aliphatic heterocycles. The number of ether oxygens (including phenoxy) is 3. The predicted octanol–water partition coefficient (Wildman–Crippen LogP) is 4.35. The van der Waals surface area contributed by atoms with Gasteiger partial charge in [-0.25, -0.2) is 14.0 Å². The van der Waals surface area contributed by atoms with Gasteiger partial charge < -0.3 is 34.5 Å². The number of aromatic nitrogens is 1. The van der Waals surface area contributed by atoms with Gasteiger partial charge in [0.2, 0.25) is 0 Å². The normalized spacial score (nSPS) is 15.5. The van der Waals surface area contributed by atoms with E-state index in [-0.39, 0.29) is 18.0 Å². The number of urea groups is 1. The molecule has 1 aromatic heterocycles. The van der Waals surface area contributed by atoms with E-state index in [1.165, 1.54) is 13.2 Å². The van der Waals surface area contributed by atoms with Crippen molar-refractivity contribution in [2.24, 2.45) is 5.10 Å². The van der Waals surface area contributed by atoms with Crippen molar-refractivity contribution in [3.05, 3.63) is 107 Å². The summed E-state index contributed by atoms with van der Waals surface area (Å²) in [5.74, 6) is -0.133. The van der Waals surface area contributed by atoms with Gasteiger partial charge in [0.05, 0.1) is 38.1 Å². The lowest BCUT2D eigenvalue weighted by Gasteiger charge is -2.28. The maximum Gasteiger partial charge on any atom is 0.337 e. The Kier molecular flexibility index (Phi) is 9.64. The fraction of sp³-hybridized carbons (Fsp3) is 0.242. The van der Waals surface area contributed by atoms with Gasteiger partial charge in [0.15, 0.2) is 17.7 Å². The van der Waals surface area contributed by atoms with Gasteiger partial charge in [-0.05, 0) is 43.7 Å². The Morgan fingerprint density at radius 1 is 1.13 bits per heavy atom. The summed E-state index contributed by atoms with van der Waals surface area (Å²) in [7, 11) is 1.27. The fourth-order valence-electron chi connectivity index (χ4n) is 5.13. The molecule has 0 bridgehead atoms. The maximum absolute atomic E-state index is 14.3. The van der Waals surface area contributed by atoms with Crippen molar-refractivity contribution in [2.45, 2.75) is 32.7 Å². The molecule has 2 atom stereocenters. The number of aliphatic hydroxyl groups excluding tert-OH is 1. The minimum Gasteiger partial charge on any atom is -0.490 e. The summed E-state index contributed by atoms with van der Waals surface area (Å²) in [6.45, 7) is 3.95. The quantitative estimate of drug-likeness (QED) is 0.0806. The Labute approximate surface area is 259 Å². The number of rotatable bonds is 12. The second-order valence-corrected chi connectivity index (χ2v) is 10.2. The highest BCUT2D eigenvalue weighted by Gasteiger charge is 2.32. The maximum atomic E-state index is 14.3. The van der Waals surface area contributed by atoms with E-state index in [1.807, 2.05) is 42.0 Å². The molecule has 0 spiro atoms. The molecule has 0 unspecified atom stereocenters. The van der Waals surface area contributed by atoms with Gasteiger partial charge in [0.25, 0.3) is 0 Å². The van der Waals surface area contributed by atoms with Crippen molar-refractivity contribution in [3.8, 4) is 11.5 Å². The van der Waals surface area contributed by atoms with Gasteiger partial charge in [-0.2, -0.15) is 5.10 Å². The number of carbonyl (C=O) groups excluding carboxylic acids is 2. The van der Waals surface area contributed by atoms with Gasteiger partial charge in [-0.15, -0.1) is 0 Å². The molecule has 0 fully saturated rings. The number of para-hydroxylation sites is 1. The van der Waals surface area contributed by atoms with Crippen LogP contribution in [0.5, 0.6) is 11.5 Å². The van der Waals surface area contributed by atoms with Crippen LogP contribution in [-0.4, -0.2) is 54.4 Å². The minimum absolute atomic E-state index is 0.164. The van der Waals surface area contributed by atoms with E-state index in [0.29, 0.717) is 41.5 Å². The van der Waals surface area contributed by atoms with Crippen LogP contribution in [0, 0.1) is 5.82 Å². The number of nitrogens with zero attached hydrogens (tertiary/aromatic N) is 2. The summed E-state index contributed by atoms with van der Waals surface area (Å²) in [5.41, 5.74) is 6.18. The molecule has 45 heavy (non-hydrogen) atoms. The Hall–Kier alpha value is -5.36. The Bertz CT molecular complexity index is 1770. The molecule has 234 valence electrons. The van der Waals surface area contributed by atoms with Gasteiger partial charge >= 0.3 is 12.0 Å². The van der Waals surface area contributed by atoms with Crippen LogP contribution in [0.3, 0.4) is 0 Å². The smallest absolute Gasteiger partial charge is 0.337 e. The van der Waals surface area contributed by atoms with E-state index in [1.54, 1.807) is 49.5 Å². The lowest BCUT2D eigenvalue weighted by Crippen LogP contribution is -2.45. The third-order valence-corrected chi connectivity index (χ3v) is 7.22. The molecule has 0 radical (unpaired) electrons. The number of benzene rings is 3. The van der Waals surface area contributed by atoms with Crippen molar-refractivity contribution in [1.29, 1.82) is 0 Å². The van der Waals surface area contributed by atoms with E-state index < -0.39 is 24.3 Å².